The number of nitrogens with one attached hydrogen (secondary N) is 1. The Kier molecular flexibility index (Phi) is 6.81. The summed E-state index contributed by atoms with van der Waals surface area (Å²) in [5.41, 5.74) is 1.20. The van der Waals surface area contributed by atoms with E-state index in [0.29, 0.717) is 17.7 Å². The Bertz CT molecular complexity index is 701. The van der Waals surface area contributed by atoms with Gasteiger partial charge in [-0.2, -0.15) is 0 Å². The molecule has 134 valence electrons. The van der Waals surface area contributed by atoms with E-state index in [2.05, 4.69) is 12.2 Å². The van der Waals surface area contributed by atoms with Crippen molar-refractivity contribution < 1.29 is 18.7 Å². The molecule has 0 fully saturated rings. The maximum Gasteiger partial charge on any atom is 0.251 e. The van der Waals surface area contributed by atoms with Crippen LogP contribution in [0.5, 0.6) is 11.5 Å². The third-order valence-electron chi connectivity index (χ3n) is 3.91. The zero-order valence-corrected chi connectivity index (χ0v) is 14.8. The lowest BCUT2D eigenvalue weighted by molar-refractivity contribution is 0.0939. The molecule has 1 N–H and O–H groups in total. The summed E-state index contributed by atoms with van der Waals surface area (Å²) in [6.45, 7) is 4.58. The van der Waals surface area contributed by atoms with Crippen LogP contribution >= 0.6 is 0 Å². The number of amides is 1. The summed E-state index contributed by atoms with van der Waals surface area (Å²) in [6.07, 6.45) is 2.07. The molecule has 5 heteroatoms. The van der Waals surface area contributed by atoms with Gasteiger partial charge in [-0.25, -0.2) is 4.39 Å². The molecular formula is C20H24FNO3. The summed E-state index contributed by atoms with van der Waals surface area (Å²) in [5.74, 6) is 0.259. The summed E-state index contributed by atoms with van der Waals surface area (Å²) in [4.78, 5) is 12.3. The summed E-state index contributed by atoms with van der Waals surface area (Å²) in [5, 5.41) is 2.86. The van der Waals surface area contributed by atoms with Crippen LogP contribution in [-0.4, -0.2) is 19.6 Å². The number of hydrogen-bond acceptors (Lipinski definition) is 3. The fourth-order valence-electron chi connectivity index (χ4n) is 2.35. The molecule has 2 aromatic rings. The van der Waals surface area contributed by atoms with E-state index in [-0.39, 0.29) is 17.7 Å². The van der Waals surface area contributed by atoms with Gasteiger partial charge in [0.1, 0.15) is 5.75 Å². The lowest BCUT2D eigenvalue weighted by Gasteiger charge is -2.15. The van der Waals surface area contributed by atoms with Crippen molar-refractivity contribution in [2.75, 3.05) is 13.7 Å². The smallest absolute Gasteiger partial charge is 0.251 e. The highest BCUT2D eigenvalue weighted by molar-refractivity contribution is 5.94. The number of benzene rings is 2. The van der Waals surface area contributed by atoms with Gasteiger partial charge in [0.2, 0.25) is 0 Å². The molecule has 0 aliphatic heterocycles. The number of carbonyl (C=O) groups is 1. The van der Waals surface area contributed by atoms with Gasteiger partial charge in [0, 0.05) is 5.56 Å². The van der Waals surface area contributed by atoms with Crippen molar-refractivity contribution in [1.82, 2.24) is 5.32 Å². The lowest BCUT2D eigenvalue weighted by atomic mass is 10.1. The zero-order chi connectivity index (χ0) is 18.2. The van der Waals surface area contributed by atoms with Gasteiger partial charge in [-0.05, 0) is 55.3 Å². The second-order valence-electron chi connectivity index (χ2n) is 5.82. The van der Waals surface area contributed by atoms with Crippen LogP contribution < -0.4 is 14.8 Å². The van der Waals surface area contributed by atoms with Gasteiger partial charge in [0.05, 0.1) is 19.8 Å². The molecule has 0 spiro atoms. The third kappa shape index (κ3) is 5.21. The minimum absolute atomic E-state index is 0.181. The molecule has 0 heterocycles. The number of ether oxygens (including phenoxy) is 2. The minimum Gasteiger partial charge on any atom is -0.494 e. The molecule has 4 nitrogen and oxygen atoms in total. The Balaban J connectivity index is 1.97. The van der Waals surface area contributed by atoms with Crippen molar-refractivity contribution >= 4 is 5.91 Å². The van der Waals surface area contributed by atoms with Gasteiger partial charge < -0.3 is 14.8 Å². The first-order valence-electron chi connectivity index (χ1n) is 8.42. The standard InChI is InChI=1S/C20H24FNO3/c1-4-5-12-25-17-9-6-15(7-10-17)20(23)22-14(2)16-8-11-19(24-3)18(21)13-16/h6-11,13-14H,4-5,12H2,1-3H3,(H,22,23). The van der Waals surface area contributed by atoms with Gasteiger partial charge >= 0.3 is 0 Å². The number of unbranched alkanes of at least 4 members (excludes halogenated alkanes) is 1. The molecule has 0 aromatic heterocycles. The van der Waals surface area contributed by atoms with Crippen LogP contribution in [0.4, 0.5) is 4.39 Å². The highest BCUT2D eigenvalue weighted by Crippen LogP contribution is 2.22. The highest BCUT2D eigenvalue weighted by Gasteiger charge is 2.13. The Morgan fingerprint density at radius 2 is 1.92 bits per heavy atom. The first-order valence-corrected chi connectivity index (χ1v) is 8.42. The van der Waals surface area contributed by atoms with E-state index >= 15 is 0 Å². The maximum atomic E-state index is 13.8. The Morgan fingerprint density at radius 3 is 2.52 bits per heavy atom. The van der Waals surface area contributed by atoms with Crippen LogP contribution in [0.25, 0.3) is 0 Å². The number of methoxy groups -OCH3 is 1. The first-order chi connectivity index (χ1) is 12.0. The molecule has 1 unspecified atom stereocenters. The van der Waals surface area contributed by atoms with Crippen LogP contribution in [0, 0.1) is 5.82 Å². The van der Waals surface area contributed by atoms with Crippen molar-refractivity contribution in [2.45, 2.75) is 32.7 Å². The monoisotopic (exact) mass is 345 g/mol. The van der Waals surface area contributed by atoms with Crippen molar-refractivity contribution in [3.05, 3.63) is 59.4 Å². The van der Waals surface area contributed by atoms with Crippen LogP contribution in [0.15, 0.2) is 42.5 Å². The summed E-state index contributed by atoms with van der Waals surface area (Å²) in [6, 6.07) is 11.3. The van der Waals surface area contributed by atoms with Crippen molar-refractivity contribution in [1.29, 1.82) is 0 Å². The molecule has 0 aliphatic carbocycles. The Labute approximate surface area is 148 Å². The Morgan fingerprint density at radius 1 is 1.20 bits per heavy atom. The van der Waals surface area contributed by atoms with Gasteiger partial charge in [-0.3, -0.25) is 4.79 Å². The van der Waals surface area contributed by atoms with E-state index in [4.69, 9.17) is 9.47 Å². The topological polar surface area (TPSA) is 47.6 Å². The maximum absolute atomic E-state index is 13.8. The molecule has 0 radical (unpaired) electrons. The third-order valence-corrected chi connectivity index (χ3v) is 3.91. The summed E-state index contributed by atoms with van der Waals surface area (Å²) < 4.78 is 24.3. The van der Waals surface area contributed by atoms with Crippen molar-refractivity contribution in [2.24, 2.45) is 0 Å². The van der Waals surface area contributed by atoms with Crippen molar-refractivity contribution in [3.8, 4) is 11.5 Å². The predicted octanol–water partition coefficient (Wildman–Crippen LogP) is 4.50. The summed E-state index contributed by atoms with van der Waals surface area (Å²) >= 11 is 0. The van der Waals surface area contributed by atoms with E-state index in [1.807, 2.05) is 0 Å². The van der Waals surface area contributed by atoms with Crippen molar-refractivity contribution in [3.63, 3.8) is 0 Å². The predicted molar refractivity (Wildman–Crippen MR) is 95.7 cm³/mol. The van der Waals surface area contributed by atoms with Gasteiger partial charge in [-0.15, -0.1) is 0 Å². The van der Waals surface area contributed by atoms with Gasteiger partial charge in [-0.1, -0.05) is 19.4 Å². The molecule has 0 aliphatic rings. The van der Waals surface area contributed by atoms with Crippen LogP contribution in [-0.2, 0) is 0 Å². The van der Waals surface area contributed by atoms with Gasteiger partial charge in [0.25, 0.3) is 5.91 Å². The average Bonchev–Trinajstić information content (AvgIpc) is 2.62. The number of carbonyl (C=O) groups excluding carboxylic acids is 1. The molecule has 1 amide bonds. The SMILES string of the molecule is CCCCOc1ccc(C(=O)NC(C)c2ccc(OC)c(F)c2)cc1. The fourth-order valence-corrected chi connectivity index (χ4v) is 2.35. The first kappa shape index (κ1) is 18.8. The molecule has 1 atom stereocenters. The largest absolute Gasteiger partial charge is 0.494 e. The van der Waals surface area contributed by atoms with E-state index in [1.165, 1.54) is 13.2 Å². The molecule has 0 bridgehead atoms. The lowest BCUT2D eigenvalue weighted by Crippen LogP contribution is -2.26. The Hall–Kier alpha value is -2.56. The molecule has 25 heavy (non-hydrogen) atoms. The number of rotatable bonds is 8. The van der Waals surface area contributed by atoms with Crippen LogP contribution in [0.2, 0.25) is 0 Å². The minimum atomic E-state index is -0.449. The second kappa shape index (κ2) is 9.06. The number of hydrogen-bond donors (Lipinski definition) is 1. The van der Waals surface area contributed by atoms with Crippen LogP contribution in [0.1, 0.15) is 48.7 Å². The normalized spacial score (nSPS) is 11.7. The quantitative estimate of drug-likeness (QED) is 0.716. The second-order valence-corrected chi connectivity index (χ2v) is 5.82. The number of halogens is 1. The zero-order valence-electron chi connectivity index (χ0n) is 14.8. The molecule has 2 rings (SSSR count). The van der Waals surface area contributed by atoms with Gasteiger partial charge in [0.15, 0.2) is 11.6 Å². The highest BCUT2D eigenvalue weighted by atomic mass is 19.1. The average molecular weight is 345 g/mol. The molecular weight excluding hydrogens is 321 g/mol. The molecule has 0 saturated carbocycles. The van der Waals surface area contributed by atoms with E-state index in [9.17, 15) is 9.18 Å². The van der Waals surface area contributed by atoms with E-state index in [0.717, 1.165) is 18.6 Å². The van der Waals surface area contributed by atoms with E-state index in [1.54, 1.807) is 43.3 Å². The van der Waals surface area contributed by atoms with Crippen LogP contribution in [0.3, 0.4) is 0 Å². The van der Waals surface area contributed by atoms with E-state index < -0.39 is 5.82 Å². The molecule has 0 saturated heterocycles. The molecule has 2 aromatic carbocycles. The summed E-state index contributed by atoms with van der Waals surface area (Å²) in [7, 11) is 1.42. The fraction of sp³-hybridized carbons (Fsp3) is 0.350.